The Hall–Kier alpha value is -1.24. The second-order valence-electron chi connectivity index (χ2n) is 3.84. The van der Waals surface area contributed by atoms with E-state index in [1.54, 1.807) is 19.2 Å². The van der Waals surface area contributed by atoms with E-state index in [-0.39, 0.29) is 0 Å². The van der Waals surface area contributed by atoms with Gasteiger partial charge in [0.15, 0.2) is 5.58 Å². The van der Waals surface area contributed by atoms with Crippen molar-refractivity contribution in [3.8, 4) is 0 Å². The number of nitrogens with zero attached hydrogens (tertiary/aromatic N) is 1. The molecule has 0 aliphatic rings. The maximum Gasteiger partial charge on any atom is 0.360 e. The molecule has 5 nitrogen and oxygen atoms in total. The van der Waals surface area contributed by atoms with Gasteiger partial charge in [-0.1, -0.05) is 11.6 Å². The Bertz CT molecular complexity index is 506. The van der Waals surface area contributed by atoms with Crippen LogP contribution in [0.4, 0.5) is 6.01 Å². The fraction of sp³-hybridized carbons (Fsp3) is 0.364. The second kappa shape index (κ2) is 6.63. The van der Waals surface area contributed by atoms with Gasteiger partial charge in [0.25, 0.3) is 6.01 Å². The minimum atomic E-state index is 0.527. The first-order valence-electron chi connectivity index (χ1n) is 5.79. The number of anilines is 1. The Morgan fingerprint density at radius 1 is 1.44 bits per heavy atom. The van der Waals surface area contributed by atoms with Gasteiger partial charge in [-0.3, -0.25) is 0 Å². The highest BCUT2D eigenvalue weighted by Gasteiger charge is 2.04. The number of hydrogen-bond acceptors (Lipinski definition) is 5. The number of benzene rings is 1. The molecule has 96 valence electrons. The van der Waals surface area contributed by atoms with Crippen molar-refractivity contribution in [3.05, 3.63) is 23.2 Å². The second-order valence-corrected chi connectivity index (χ2v) is 4.28. The van der Waals surface area contributed by atoms with Gasteiger partial charge < -0.3 is 19.6 Å². The summed E-state index contributed by atoms with van der Waals surface area (Å²) in [6.45, 7) is 1.67. The molecule has 0 amide bonds. The van der Waals surface area contributed by atoms with Crippen molar-refractivity contribution < 1.29 is 9.07 Å². The molecule has 0 bridgehead atoms. The molecule has 0 radical (unpaired) electrons. The van der Waals surface area contributed by atoms with Crippen LogP contribution in [0.15, 0.2) is 22.6 Å². The van der Waals surface area contributed by atoms with E-state index < -0.39 is 0 Å². The van der Waals surface area contributed by atoms with Gasteiger partial charge in [0.05, 0.1) is 0 Å². The van der Waals surface area contributed by atoms with Crippen molar-refractivity contribution in [3.63, 3.8) is 0 Å². The lowest BCUT2D eigenvalue weighted by Crippen LogP contribution is -2.23. The van der Waals surface area contributed by atoms with E-state index in [1.165, 1.54) is 0 Å². The molecule has 0 saturated carbocycles. The molecule has 1 aromatic carbocycles. The van der Waals surface area contributed by atoms with Crippen LogP contribution in [0.2, 0.25) is 5.02 Å². The quantitative estimate of drug-likeness (QED) is 0.591. The fourth-order valence-electron chi connectivity index (χ4n) is 1.56. The third-order valence-electron chi connectivity index (χ3n) is 2.40. The molecule has 18 heavy (non-hydrogen) atoms. The van der Waals surface area contributed by atoms with Crippen molar-refractivity contribution >= 4 is 36.3 Å². The highest BCUT2D eigenvalue weighted by Crippen LogP contribution is 2.22. The van der Waals surface area contributed by atoms with E-state index >= 15 is 0 Å². The van der Waals surface area contributed by atoms with Crippen LogP contribution in [-0.4, -0.2) is 32.8 Å². The van der Waals surface area contributed by atoms with E-state index in [4.69, 9.17) is 20.7 Å². The zero-order valence-corrected chi connectivity index (χ0v) is 11.0. The zero-order chi connectivity index (χ0) is 12.8. The molecule has 0 saturated heterocycles. The summed E-state index contributed by atoms with van der Waals surface area (Å²) in [5.74, 6) is 0. The van der Waals surface area contributed by atoms with Gasteiger partial charge in [-0.2, -0.15) is 4.98 Å². The smallest absolute Gasteiger partial charge is 0.360 e. The average Bonchev–Trinajstić information content (AvgIpc) is 2.75. The maximum atomic E-state index is 5.88. The lowest BCUT2D eigenvalue weighted by molar-refractivity contribution is 0.430. The Morgan fingerprint density at radius 3 is 3.17 bits per heavy atom. The minimum Gasteiger partial charge on any atom is -0.427 e. The van der Waals surface area contributed by atoms with Crippen LogP contribution in [0.1, 0.15) is 6.42 Å². The minimum absolute atomic E-state index is 0.527. The first-order chi connectivity index (χ1) is 8.79. The van der Waals surface area contributed by atoms with E-state index in [2.05, 4.69) is 15.5 Å². The number of aromatic nitrogens is 1. The van der Waals surface area contributed by atoms with E-state index in [9.17, 15) is 0 Å². The van der Waals surface area contributed by atoms with Gasteiger partial charge in [-0.25, -0.2) is 0 Å². The largest absolute Gasteiger partial charge is 0.427 e. The molecule has 0 aliphatic heterocycles. The summed E-state index contributed by atoms with van der Waals surface area (Å²) in [6.07, 6.45) is 0.961. The molecular weight excluding hydrogens is 252 g/mol. The summed E-state index contributed by atoms with van der Waals surface area (Å²) in [6, 6.07) is 5.91. The number of rotatable bonds is 7. The average molecular weight is 268 g/mol. The highest BCUT2D eigenvalue weighted by atomic mass is 35.5. The number of hydrogen-bond donors (Lipinski definition) is 2. The number of nitrogens with one attached hydrogen (secondary N) is 2. The lowest BCUT2D eigenvalue weighted by atomic mass is 10.2. The third-order valence-corrected chi connectivity index (χ3v) is 2.64. The highest BCUT2D eigenvalue weighted by molar-refractivity contribution is 6.31. The third kappa shape index (κ3) is 3.63. The van der Waals surface area contributed by atoms with E-state index in [0.717, 1.165) is 30.6 Å². The van der Waals surface area contributed by atoms with Gasteiger partial charge in [-0.15, -0.1) is 0 Å². The number of oxazole rings is 1. The molecule has 0 unspecified atom stereocenters. The van der Waals surface area contributed by atoms with E-state index in [1.807, 2.05) is 6.07 Å². The summed E-state index contributed by atoms with van der Waals surface area (Å²) in [7, 11) is 2.23. The maximum absolute atomic E-state index is 5.88. The molecule has 0 aliphatic carbocycles. The van der Waals surface area contributed by atoms with Crippen LogP contribution in [0.3, 0.4) is 0 Å². The first kappa shape index (κ1) is 13.2. The summed E-state index contributed by atoms with van der Waals surface area (Å²) < 4.78 is 10.4. The number of fused-ring (bicyclic) bond motifs is 1. The number of halogens is 1. The van der Waals surface area contributed by atoms with Crippen LogP contribution in [0, 0.1) is 0 Å². The Balaban J connectivity index is 1.81. The predicted octanol–water partition coefficient (Wildman–Crippen LogP) is 1.79. The molecule has 2 aromatic rings. The van der Waals surface area contributed by atoms with Gasteiger partial charge in [0, 0.05) is 18.7 Å². The zero-order valence-electron chi connectivity index (χ0n) is 10.2. The van der Waals surface area contributed by atoms with E-state index in [0.29, 0.717) is 18.7 Å². The molecule has 1 heterocycles. The van der Waals surface area contributed by atoms with Crippen molar-refractivity contribution in [2.45, 2.75) is 6.42 Å². The van der Waals surface area contributed by atoms with Crippen molar-refractivity contribution in [2.24, 2.45) is 0 Å². The molecule has 0 spiro atoms. The Morgan fingerprint density at radius 2 is 2.33 bits per heavy atom. The lowest BCUT2D eigenvalue weighted by Gasteiger charge is -2.02. The molecule has 0 atom stereocenters. The Kier molecular flexibility index (Phi) is 4.86. The van der Waals surface area contributed by atoms with Gasteiger partial charge >= 0.3 is 7.62 Å². The summed E-state index contributed by atoms with van der Waals surface area (Å²) in [4.78, 5) is 4.30. The van der Waals surface area contributed by atoms with Crippen LogP contribution >= 0.6 is 11.6 Å². The SMILES string of the molecule is COBNCCCNc1nc2cc(Cl)ccc2o1. The fourth-order valence-corrected chi connectivity index (χ4v) is 1.73. The first-order valence-corrected chi connectivity index (χ1v) is 6.17. The van der Waals surface area contributed by atoms with Crippen molar-refractivity contribution in [2.75, 3.05) is 25.5 Å². The molecular formula is C11H15BClN3O2. The van der Waals surface area contributed by atoms with Crippen LogP contribution in [-0.2, 0) is 4.65 Å². The normalized spacial score (nSPS) is 10.8. The topological polar surface area (TPSA) is 59.3 Å². The van der Waals surface area contributed by atoms with Gasteiger partial charge in [0.1, 0.15) is 5.52 Å². The summed E-state index contributed by atoms with van der Waals surface area (Å²) >= 11 is 5.88. The van der Waals surface area contributed by atoms with Gasteiger partial charge in [0.2, 0.25) is 0 Å². The monoisotopic (exact) mass is 267 g/mol. The molecule has 0 fully saturated rings. The molecule has 2 N–H and O–H groups in total. The Labute approximate surface area is 111 Å². The van der Waals surface area contributed by atoms with Crippen LogP contribution in [0.5, 0.6) is 0 Å². The van der Waals surface area contributed by atoms with Crippen molar-refractivity contribution in [1.82, 2.24) is 10.2 Å². The van der Waals surface area contributed by atoms with Gasteiger partial charge in [-0.05, 0) is 31.2 Å². The van der Waals surface area contributed by atoms with Crippen LogP contribution < -0.4 is 10.5 Å². The summed E-state index contributed by atoms with van der Waals surface area (Å²) in [5, 5.41) is 6.91. The van der Waals surface area contributed by atoms with Crippen LogP contribution in [0.25, 0.3) is 11.1 Å². The molecule has 1 aromatic heterocycles. The van der Waals surface area contributed by atoms with Crippen molar-refractivity contribution in [1.29, 1.82) is 0 Å². The predicted molar refractivity (Wildman–Crippen MR) is 74.3 cm³/mol. The summed E-state index contributed by atoms with van der Waals surface area (Å²) in [5.41, 5.74) is 1.50. The molecule has 7 heteroatoms. The standard InChI is InChI=1S/C11H15BClN3O2/c1-17-12-15-6-2-5-14-11-16-9-7-8(13)3-4-10(9)18-11/h3-4,7,12,15H,2,5-6H2,1H3,(H,14,16). The molecule has 2 rings (SSSR count).